The first-order valence-corrected chi connectivity index (χ1v) is 8.70. The van der Waals surface area contributed by atoms with Gasteiger partial charge in [0.1, 0.15) is 12.7 Å². The van der Waals surface area contributed by atoms with Crippen molar-refractivity contribution in [2.45, 2.75) is 12.6 Å². The summed E-state index contributed by atoms with van der Waals surface area (Å²) in [6, 6.07) is 15.0. The van der Waals surface area contributed by atoms with E-state index in [1.165, 1.54) is 0 Å². The zero-order valence-corrected chi connectivity index (χ0v) is 15.0. The summed E-state index contributed by atoms with van der Waals surface area (Å²) in [6.45, 7) is 1.73. The summed E-state index contributed by atoms with van der Waals surface area (Å²) in [5, 5.41) is 8.89. The van der Waals surface area contributed by atoms with Gasteiger partial charge in [-0.1, -0.05) is 23.7 Å². The third kappa shape index (κ3) is 3.81. The van der Waals surface area contributed by atoms with Crippen LogP contribution in [0.1, 0.15) is 5.89 Å². The molecule has 3 aromatic rings. The number of fused-ring (bicyclic) bond motifs is 1. The van der Waals surface area contributed by atoms with Crippen LogP contribution in [-0.2, 0) is 6.54 Å². The largest absolute Gasteiger partial charge is 0.486 e. The molecule has 1 aliphatic heterocycles. The number of benzene rings is 2. The number of hydrogen-bond donors (Lipinski definition) is 0. The number of hydrogen-bond acceptors (Lipinski definition) is 6. The Morgan fingerprint density at radius 3 is 2.65 bits per heavy atom. The molecule has 0 saturated heterocycles. The number of para-hydroxylation sites is 2. The fourth-order valence-corrected chi connectivity index (χ4v) is 2.95. The zero-order valence-electron chi connectivity index (χ0n) is 14.3. The van der Waals surface area contributed by atoms with Gasteiger partial charge < -0.3 is 13.9 Å². The topological polar surface area (TPSA) is 60.6 Å². The fraction of sp³-hybridized carbons (Fsp3) is 0.263. The van der Waals surface area contributed by atoms with E-state index in [-0.39, 0.29) is 6.10 Å². The number of ether oxygens (including phenoxy) is 2. The normalized spacial score (nSPS) is 16.0. The molecule has 1 atom stereocenters. The highest BCUT2D eigenvalue weighted by Gasteiger charge is 2.22. The zero-order chi connectivity index (χ0) is 17.9. The van der Waals surface area contributed by atoms with E-state index >= 15 is 0 Å². The predicted octanol–water partition coefficient (Wildman–Crippen LogP) is 3.66. The standard InChI is InChI=1S/C19H18ClN3O3/c1-23(10-15-12-24-16-4-2-3-5-17(16)25-15)11-18-21-22-19(26-18)13-6-8-14(20)9-7-13/h2-9,15H,10-12H2,1H3. The molecule has 0 bridgehead atoms. The molecule has 2 aromatic carbocycles. The van der Waals surface area contributed by atoms with E-state index in [1.54, 1.807) is 12.1 Å². The van der Waals surface area contributed by atoms with E-state index in [2.05, 4.69) is 15.1 Å². The first-order valence-electron chi connectivity index (χ1n) is 8.33. The summed E-state index contributed by atoms with van der Waals surface area (Å²) < 4.78 is 17.5. The van der Waals surface area contributed by atoms with Crippen molar-refractivity contribution in [3.8, 4) is 23.0 Å². The number of likely N-dealkylation sites (N-methyl/N-ethyl adjacent to an activating group) is 1. The Morgan fingerprint density at radius 2 is 1.85 bits per heavy atom. The number of nitrogens with zero attached hydrogens (tertiary/aromatic N) is 3. The molecule has 0 N–H and O–H groups in total. The molecule has 1 aliphatic rings. The van der Waals surface area contributed by atoms with Crippen LogP contribution in [0.2, 0.25) is 5.02 Å². The monoisotopic (exact) mass is 371 g/mol. The molecular formula is C19H18ClN3O3. The first kappa shape index (κ1) is 16.9. The van der Waals surface area contributed by atoms with Crippen LogP contribution >= 0.6 is 11.6 Å². The molecule has 4 rings (SSSR count). The highest BCUT2D eigenvalue weighted by atomic mass is 35.5. The van der Waals surface area contributed by atoms with Crippen LogP contribution in [0.25, 0.3) is 11.5 Å². The lowest BCUT2D eigenvalue weighted by Crippen LogP contribution is -2.39. The molecule has 1 aromatic heterocycles. The third-order valence-corrected chi connectivity index (χ3v) is 4.30. The lowest BCUT2D eigenvalue weighted by molar-refractivity contribution is 0.0619. The highest BCUT2D eigenvalue weighted by Crippen LogP contribution is 2.31. The minimum Gasteiger partial charge on any atom is -0.486 e. The highest BCUT2D eigenvalue weighted by molar-refractivity contribution is 6.30. The van der Waals surface area contributed by atoms with Crippen LogP contribution in [0.15, 0.2) is 52.9 Å². The SMILES string of the molecule is CN(Cc1nnc(-c2ccc(Cl)cc2)o1)CC1COc2ccccc2O1. The maximum atomic E-state index is 5.98. The summed E-state index contributed by atoms with van der Waals surface area (Å²) in [5.74, 6) is 2.60. The number of rotatable bonds is 5. The Labute approximate surface area is 156 Å². The second-order valence-electron chi connectivity index (χ2n) is 6.20. The first-order chi connectivity index (χ1) is 12.7. The maximum Gasteiger partial charge on any atom is 0.247 e. The van der Waals surface area contributed by atoms with E-state index in [0.29, 0.717) is 36.5 Å². The van der Waals surface area contributed by atoms with Gasteiger partial charge in [-0.05, 0) is 43.4 Å². The minimum absolute atomic E-state index is 0.0476. The third-order valence-electron chi connectivity index (χ3n) is 4.05. The quantitative estimate of drug-likeness (QED) is 0.682. The van der Waals surface area contributed by atoms with Gasteiger partial charge >= 0.3 is 0 Å². The van der Waals surface area contributed by atoms with Gasteiger partial charge in [-0.3, -0.25) is 4.90 Å². The average Bonchev–Trinajstić information content (AvgIpc) is 3.10. The molecular weight excluding hydrogens is 354 g/mol. The van der Waals surface area contributed by atoms with Gasteiger partial charge in [-0.25, -0.2) is 0 Å². The van der Waals surface area contributed by atoms with Crippen LogP contribution < -0.4 is 9.47 Å². The minimum atomic E-state index is -0.0476. The van der Waals surface area contributed by atoms with Gasteiger partial charge in [-0.15, -0.1) is 10.2 Å². The molecule has 0 radical (unpaired) electrons. The molecule has 0 spiro atoms. The van der Waals surface area contributed by atoms with E-state index in [9.17, 15) is 0 Å². The smallest absolute Gasteiger partial charge is 0.247 e. The van der Waals surface area contributed by atoms with E-state index in [0.717, 1.165) is 17.1 Å². The van der Waals surface area contributed by atoms with Gasteiger partial charge in [0.25, 0.3) is 0 Å². The van der Waals surface area contributed by atoms with Gasteiger partial charge in [0, 0.05) is 17.1 Å². The van der Waals surface area contributed by atoms with Crippen molar-refractivity contribution in [1.29, 1.82) is 0 Å². The van der Waals surface area contributed by atoms with Gasteiger partial charge in [0.2, 0.25) is 11.8 Å². The van der Waals surface area contributed by atoms with Crippen LogP contribution in [0.3, 0.4) is 0 Å². The van der Waals surface area contributed by atoms with Crippen LogP contribution in [0.5, 0.6) is 11.5 Å². The summed E-state index contributed by atoms with van der Waals surface area (Å²) in [5.41, 5.74) is 0.844. The van der Waals surface area contributed by atoms with E-state index in [4.69, 9.17) is 25.5 Å². The molecule has 1 unspecified atom stereocenters. The van der Waals surface area contributed by atoms with Crippen LogP contribution in [0, 0.1) is 0 Å². The second kappa shape index (κ2) is 7.35. The van der Waals surface area contributed by atoms with Crippen molar-refractivity contribution >= 4 is 11.6 Å². The predicted molar refractivity (Wildman–Crippen MR) is 97.4 cm³/mol. The lowest BCUT2D eigenvalue weighted by Gasteiger charge is -2.29. The molecule has 0 fully saturated rings. The molecule has 26 heavy (non-hydrogen) atoms. The summed E-state index contributed by atoms with van der Waals surface area (Å²) >= 11 is 5.90. The molecule has 6 nitrogen and oxygen atoms in total. The Balaban J connectivity index is 1.35. The number of aromatic nitrogens is 2. The molecule has 0 aliphatic carbocycles. The van der Waals surface area contributed by atoms with Gasteiger partial charge in [0.05, 0.1) is 6.54 Å². The molecule has 0 saturated carbocycles. The summed E-state index contributed by atoms with van der Waals surface area (Å²) in [7, 11) is 1.98. The molecule has 7 heteroatoms. The van der Waals surface area contributed by atoms with Crippen LogP contribution in [0.4, 0.5) is 0 Å². The Kier molecular flexibility index (Phi) is 4.77. The Morgan fingerprint density at radius 1 is 1.08 bits per heavy atom. The van der Waals surface area contributed by atoms with Crippen molar-refractivity contribution in [1.82, 2.24) is 15.1 Å². The second-order valence-corrected chi connectivity index (χ2v) is 6.64. The van der Waals surface area contributed by atoms with Crippen LogP contribution in [-0.4, -0.2) is 41.4 Å². The Bertz CT molecular complexity index is 882. The van der Waals surface area contributed by atoms with Gasteiger partial charge in [0.15, 0.2) is 11.5 Å². The van der Waals surface area contributed by atoms with Crippen molar-refractivity contribution in [3.05, 3.63) is 59.4 Å². The maximum absolute atomic E-state index is 5.98. The van der Waals surface area contributed by atoms with Crippen molar-refractivity contribution in [2.24, 2.45) is 0 Å². The summed E-state index contributed by atoms with van der Waals surface area (Å²) in [6.07, 6.45) is -0.0476. The van der Waals surface area contributed by atoms with E-state index < -0.39 is 0 Å². The molecule has 0 amide bonds. The van der Waals surface area contributed by atoms with Crippen molar-refractivity contribution in [3.63, 3.8) is 0 Å². The molecule has 2 heterocycles. The Hall–Kier alpha value is -2.57. The average molecular weight is 372 g/mol. The van der Waals surface area contributed by atoms with Crippen molar-refractivity contribution in [2.75, 3.05) is 20.2 Å². The van der Waals surface area contributed by atoms with Crippen molar-refractivity contribution < 1.29 is 13.9 Å². The fourth-order valence-electron chi connectivity index (χ4n) is 2.82. The lowest BCUT2D eigenvalue weighted by atomic mass is 10.2. The number of halogens is 1. The van der Waals surface area contributed by atoms with E-state index in [1.807, 2.05) is 43.4 Å². The van der Waals surface area contributed by atoms with Gasteiger partial charge in [-0.2, -0.15) is 0 Å². The summed E-state index contributed by atoms with van der Waals surface area (Å²) in [4.78, 5) is 2.07. The molecule has 134 valence electrons.